The molecule has 1 aliphatic heterocycles. The van der Waals surface area contributed by atoms with Crippen LogP contribution in [0.3, 0.4) is 0 Å². The van der Waals surface area contributed by atoms with Gasteiger partial charge in [-0.2, -0.15) is 13.2 Å². The van der Waals surface area contributed by atoms with Gasteiger partial charge in [-0.15, -0.1) is 0 Å². The number of alkyl halides is 3. The molecule has 0 spiro atoms. The van der Waals surface area contributed by atoms with Gasteiger partial charge in [0.2, 0.25) is 0 Å². The van der Waals surface area contributed by atoms with Crippen molar-refractivity contribution in [1.82, 2.24) is 24.8 Å². The highest BCUT2D eigenvalue weighted by Gasteiger charge is 2.38. The topological polar surface area (TPSA) is 123 Å². The molecule has 36 heavy (non-hydrogen) atoms. The standard InChI is InChI=1S/C20H23FN6O2.C2HF3O2/c1-2-25-7-9-26(10-8-25)17-4-3-14(11-16(17)21)20(29)22-13-15-12-19(28)27-18(24-15)5-6-23-27;3-2(4,5)1(6)7/h3-6,11-12,23H,2,7-10,13H2,1H3,(H,22,29);(H,6,7). The van der Waals surface area contributed by atoms with Crippen molar-refractivity contribution in [2.45, 2.75) is 19.6 Å². The average Bonchev–Trinajstić information content (AvgIpc) is 3.32. The highest BCUT2D eigenvalue weighted by molar-refractivity contribution is 5.94. The molecule has 0 radical (unpaired) electrons. The predicted molar refractivity (Wildman–Crippen MR) is 121 cm³/mol. The molecule has 3 heterocycles. The summed E-state index contributed by atoms with van der Waals surface area (Å²) < 4.78 is 47.7. The zero-order valence-electron chi connectivity index (χ0n) is 19.2. The van der Waals surface area contributed by atoms with Crippen LogP contribution in [-0.2, 0) is 11.3 Å². The quantitative estimate of drug-likeness (QED) is 0.446. The largest absolute Gasteiger partial charge is 0.490 e. The van der Waals surface area contributed by atoms with E-state index < -0.39 is 23.9 Å². The molecule has 3 N–H and O–H groups in total. The Kier molecular flexibility index (Phi) is 8.29. The van der Waals surface area contributed by atoms with E-state index in [-0.39, 0.29) is 17.7 Å². The van der Waals surface area contributed by atoms with Gasteiger partial charge in [0.25, 0.3) is 11.5 Å². The first-order chi connectivity index (χ1) is 17.0. The number of rotatable bonds is 5. The highest BCUT2D eigenvalue weighted by atomic mass is 19.4. The zero-order chi connectivity index (χ0) is 26.5. The van der Waals surface area contributed by atoms with Gasteiger partial charge in [0.1, 0.15) is 5.82 Å². The number of carboxylic acid groups (broad SMARTS) is 1. The molecule has 10 nitrogen and oxygen atoms in total. The van der Waals surface area contributed by atoms with Gasteiger partial charge in [0, 0.05) is 50.1 Å². The molecule has 1 aliphatic rings. The Morgan fingerprint density at radius 1 is 1.14 bits per heavy atom. The Bertz CT molecular complexity index is 1280. The number of aromatic nitrogens is 3. The second-order valence-corrected chi connectivity index (χ2v) is 7.81. The number of benzene rings is 1. The third kappa shape index (κ3) is 6.59. The van der Waals surface area contributed by atoms with E-state index >= 15 is 0 Å². The van der Waals surface area contributed by atoms with Gasteiger partial charge in [-0.25, -0.2) is 18.7 Å². The number of carboxylic acids is 1. The molecular formula is C22H24F4N6O4. The molecule has 194 valence electrons. The predicted octanol–water partition coefficient (Wildman–Crippen LogP) is 1.87. The third-order valence-corrected chi connectivity index (χ3v) is 5.48. The van der Waals surface area contributed by atoms with Crippen LogP contribution >= 0.6 is 0 Å². The Balaban J connectivity index is 0.000000454. The van der Waals surface area contributed by atoms with E-state index in [0.29, 0.717) is 17.0 Å². The maximum atomic E-state index is 14.6. The van der Waals surface area contributed by atoms with Crippen LogP contribution in [0.25, 0.3) is 5.65 Å². The van der Waals surface area contributed by atoms with Gasteiger partial charge in [-0.05, 0) is 24.7 Å². The van der Waals surface area contributed by atoms with Crippen molar-refractivity contribution in [3.8, 4) is 0 Å². The van der Waals surface area contributed by atoms with Crippen LogP contribution in [-0.4, -0.2) is 75.4 Å². The molecule has 14 heteroatoms. The second kappa shape index (κ2) is 11.2. The number of hydrogen-bond acceptors (Lipinski definition) is 6. The fraction of sp³-hybridized carbons (Fsp3) is 0.364. The summed E-state index contributed by atoms with van der Waals surface area (Å²) in [5.74, 6) is -3.58. The molecule has 1 saturated heterocycles. The van der Waals surface area contributed by atoms with Gasteiger partial charge in [-0.3, -0.25) is 14.7 Å². The van der Waals surface area contributed by atoms with E-state index in [4.69, 9.17) is 9.90 Å². The number of hydrogen-bond donors (Lipinski definition) is 3. The van der Waals surface area contributed by atoms with Crippen molar-refractivity contribution in [3.05, 3.63) is 64.0 Å². The van der Waals surface area contributed by atoms with Gasteiger partial charge in [0.15, 0.2) is 5.65 Å². The maximum Gasteiger partial charge on any atom is 0.490 e. The molecule has 0 bridgehead atoms. The first-order valence-electron chi connectivity index (χ1n) is 10.9. The lowest BCUT2D eigenvalue weighted by Gasteiger charge is -2.35. The molecule has 0 unspecified atom stereocenters. The van der Waals surface area contributed by atoms with Gasteiger partial charge >= 0.3 is 12.1 Å². The number of amides is 1. The summed E-state index contributed by atoms with van der Waals surface area (Å²) in [6.45, 7) is 6.52. The van der Waals surface area contributed by atoms with Crippen molar-refractivity contribution in [3.63, 3.8) is 0 Å². The number of carbonyl (C=O) groups excluding carboxylic acids is 1. The minimum absolute atomic E-state index is 0.0814. The first-order valence-corrected chi connectivity index (χ1v) is 10.9. The Morgan fingerprint density at radius 3 is 2.39 bits per heavy atom. The van der Waals surface area contributed by atoms with Crippen LogP contribution in [0.15, 0.2) is 41.3 Å². The number of carbonyl (C=O) groups is 2. The fourth-order valence-corrected chi connectivity index (χ4v) is 3.55. The van der Waals surface area contributed by atoms with Crippen LogP contribution in [0.2, 0.25) is 0 Å². The van der Waals surface area contributed by atoms with Crippen molar-refractivity contribution in [2.24, 2.45) is 0 Å². The maximum absolute atomic E-state index is 14.6. The van der Waals surface area contributed by atoms with Crippen LogP contribution in [0.4, 0.5) is 23.2 Å². The summed E-state index contributed by atoms with van der Waals surface area (Å²) in [4.78, 5) is 41.9. The van der Waals surface area contributed by atoms with Crippen LogP contribution in [0, 0.1) is 5.82 Å². The normalized spacial score (nSPS) is 14.3. The summed E-state index contributed by atoms with van der Waals surface area (Å²) >= 11 is 0. The summed E-state index contributed by atoms with van der Waals surface area (Å²) in [7, 11) is 0. The minimum atomic E-state index is -5.08. The second-order valence-electron chi connectivity index (χ2n) is 7.81. The Hall–Kier alpha value is -3.94. The molecule has 1 amide bonds. The number of nitrogens with one attached hydrogen (secondary N) is 2. The van der Waals surface area contributed by atoms with Crippen molar-refractivity contribution in [2.75, 3.05) is 37.6 Å². The summed E-state index contributed by atoms with van der Waals surface area (Å²) in [5.41, 5.74) is 1.40. The summed E-state index contributed by atoms with van der Waals surface area (Å²) in [5, 5.41) is 12.6. The Labute approximate surface area is 202 Å². The Morgan fingerprint density at radius 2 is 1.81 bits per heavy atom. The lowest BCUT2D eigenvalue weighted by molar-refractivity contribution is -0.192. The van der Waals surface area contributed by atoms with Crippen LogP contribution < -0.4 is 15.8 Å². The number of anilines is 1. The number of nitrogens with zero attached hydrogens (tertiary/aromatic N) is 4. The van der Waals surface area contributed by atoms with E-state index in [9.17, 15) is 27.2 Å². The number of H-pyrrole nitrogens is 1. The van der Waals surface area contributed by atoms with Crippen molar-refractivity contribution in [1.29, 1.82) is 0 Å². The number of halogens is 4. The lowest BCUT2D eigenvalue weighted by atomic mass is 10.1. The molecule has 3 aromatic rings. The van der Waals surface area contributed by atoms with Crippen LogP contribution in [0.5, 0.6) is 0 Å². The summed E-state index contributed by atoms with van der Waals surface area (Å²) in [6, 6.07) is 7.55. The number of aromatic amines is 1. The van der Waals surface area contributed by atoms with E-state index in [1.165, 1.54) is 16.6 Å². The van der Waals surface area contributed by atoms with E-state index in [1.807, 2.05) is 4.90 Å². The van der Waals surface area contributed by atoms with E-state index in [1.54, 1.807) is 24.4 Å². The number of piperazine rings is 1. The van der Waals surface area contributed by atoms with Crippen molar-refractivity contribution < 1.29 is 32.3 Å². The highest BCUT2D eigenvalue weighted by Crippen LogP contribution is 2.22. The van der Waals surface area contributed by atoms with Crippen molar-refractivity contribution >= 4 is 23.2 Å². The van der Waals surface area contributed by atoms with Crippen LogP contribution in [0.1, 0.15) is 23.0 Å². The average molecular weight is 512 g/mol. The van der Waals surface area contributed by atoms with Gasteiger partial charge in [0.05, 0.1) is 17.9 Å². The molecule has 0 atom stereocenters. The van der Waals surface area contributed by atoms with Gasteiger partial charge in [-0.1, -0.05) is 6.92 Å². The van der Waals surface area contributed by atoms with E-state index in [0.717, 1.165) is 32.7 Å². The minimum Gasteiger partial charge on any atom is -0.475 e. The number of likely N-dealkylation sites (N-methyl/N-ethyl adjacent to an activating group) is 1. The molecule has 4 rings (SSSR count). The lowest BCUT2D eigenvalue weighted by Crippen LogP contribution is -2.46. The molecular weight excluding hydrogens is 488 g/mol. The SMILES string of the molecule is CCN1CCN(c2ccc(C(=O)NCc3cc(=O)n4[nH]ccc4n3)cc2F)CC1.O=C(O)C(F)(F)F. The zero-order valence-corrected chi connectivity index (χ0v) is 19.2. The molecule has 1 aromatic carbocycles. The fourth-order valence-electron chi connectivity index (χ4n) is 3.55. The van der Waals surface area contributed by atoms with E-state index in [2.05, 4.69) is 27.2 Å². The molecule has 1 fully saturated rings. The third-order valence-electron chi connectivity index (χ3n) is 5.48. The molecule has 2 aromatic heterocycles. The number of aliphatic carboxylic acids is 1. The summed E-state index contributed by atoms with van der Waals surface area (Å²) in [6.07, 6.45) is -3.47. The number of fused-ring (bicyclic) bond motifs is 1. The molecule has 0 saturated carbocycles. The smallest absolute Gasteiger partial charge is 0.475 e. The molecule has 0 aliphatic carbocycles. The monoisotopic (exact) mass is 512 g/mol. The first kappa shape index (κ1) is 26.7. The van der Waals surface area contributed by atoms with Gasteiger partial charge < -0.3 is 20.2 Å².